The van der Waals surface area contributed by atoms with Gasteiger partial charge in [-0.05, 0) is 36.4 Å². The van der Waals surface area contributed by atoms with E-state index in [-0.39, 0.29) is 0 Å². The Morgan fingerprint density at radius 1 is 1.12 bits per heavy atom. The highest BCUT2D eigenvalue weighted by Gasteiger charge is 2.08. The number of carbonyl (C=O) groups is 1. The average Bonchev–Trinajstić information content (AvgIpc) is 2.33. The summed E-state index contributed by atoms with van der Waals surface area (Å²) in [5.74, 6) is 0.0433. The van der Waals surface area contributed by atoms with Gasteiger partial charge in [-0.15, -0.1) is 0 Å². The van der Waals surface area contributed by atoms with E-state index in [1.54, 1.807) is 48.7 Å². The van der Waals surface area contributed by atoms with Crippen LogP contribution in [0, 0.1) is 0 Å². The van der Waals surface area contributed by atoms with Crippen molar-refractivity contribution in [3.05, 3.63) is 58.8 Å². The number of pyridine rings is 1. The van der Waals surface area contributed by atoms with Crippen LogP contribution >= 0.6 is 15.9 Å². The minimum absolute atomic E-state index is 0.297. The van der Waals surface area contributed by atoms with Crippen molar-refractivity contribution in [2.45, 2.75) is 0 Å². The summed E-state index contributed by atoms with van der Waals surface area (Å²) in [5.41, 5.74) is 0.297. The zero-order chi connectivity index (χ0) is 11.4. The van der Waals surface area contributed by atoms with Crippen molar-refractivity contribution in [1.82, 2.24) is 4.98 Å². The molecule has 0 radical (unpaired) electrons. The topological polar surface area (TPSA) is 39.2 Å². The Labute approximate surface area is 101 Å². The van der Waals surface area contributed by atoms with Gasteiger partial charge in [0.15, 0.2) is 0 Å². The highest BCUT2D eigenvalue weighted by molar-refractivity contribution is 9.10. The lowest BCUT2D eigenvalue weighted by Crippen LogP contribution is -2.09. The van der Waals surface area contributed by atoms with Crippen LogP contribution in [0.25, 0.3) is 0 Å². The van der Waals surface area contributed by atoms with Crippen molar-refractivity contribution in [3.63, 3.8) is 0 Å². The third kappa shape index (κ3) is 2.67. The van der Waals surface area contributed by atoms with Crippen molar-refractivity contribution in [2.24, 2.45) is 0 Å². The van der Waals surface area contributed by atoms with E-state index < -0.39 is 5.97 Å². The number of aromatic nitrogens is 1. The summed E-state index contributed by atoms with van der Waals surface area (Å²) in [6, 6.07) is 12.1. The lowest BCUT2D eigenvalue weighted by molar-refractivity contribution is 0.0728. The molecule has 0 spiro atoms. The van der Waals surface area contributed by atoms with Crippen LogP contribution in [-0.2, 0) is 0 Å². The molecule has 0 N–H and O–H groups in total. The Bertz CT molecular complexity index is 482. The number of hydrogen-bond donors (Lipinski definition) is 0. The van der Waals surface area contributed by atoms with Crippen LogP contribution < -0.4 is 4.74 Å². The third-order valence-electron chi connectivity index (χ3n) is 1.90. The molecule has 0 bridgehead atoms. The molecule has 0 saturated heterocycles. The van der Waals surface area contributed by atoms with Gasteiger partial charge in [0, 0.05) is 10.7 Å². The maximum absolute atomic E-state index is 11.6. The molecule has 1 heterocycles. The van der Waals surface area contributed by atoms with Gasteiger partial charge in [0.05, 0.1) is 0 Å². The number of carbonyl (C=O) groups excluding carboxylic acids is 1. The van der Waals surface area contributed by atoms with Gasteiger partial charge in [-0.3, -0.25) is 0 Å². The zero-order valence-corrected chi connectivity index (χ0v) is 9.85. The fourth-order valence-electron chi connectivity index (χ4n) is 1.15. The molecule has 0 aliphatic heterocycles. The highest BCUT2D eigenvalue weighted by Crippen LogP contribution is 2.16. The van der Waals surface area contributed by atoms with Crippen molar-refractivity contribution >= 4 is 21.9 Å². The van der Waals surface area contributed by atoms with E-state index in [0.29, 0.717) is 11.4 Å². The molecule has 80 valence electrons. The summed E-state index contributed by atoms with van der Waals surface area (Å²) in [6.45, 7) is 0. The Hall–Kier alpha value is -1.68. The fraction of sp³-hybridized carbons (Fsp3) is 0. The van der Waals surface area contributed by atoms with Crippen LogP contribution in [0.3, 0.4) is 0 Å². The molecule has 0 saturated carbocycles. The Balaban J connectivity index is 2.11. The summed E-state index contributed by atoms with van der Waals surface area (Å²) >= 11 is 3.30. The van der Waals surface area contributed by atoms with Crippen LogP contribution in [0.5, 0.6) is 5.75 Å². The Morgan fingerprint density at radius 3 is 2.50 bits per heavy atom. The van der Waals surface area contributed by atoms with E-state index in [1.807, 2.05) is 0 Å². The van der Waals surface area contributed by atoms with Gasteiger partial charge in [-0.2, -0.15) is 0 Å². The van der Waals surface area contributed by atoms with Crippen LogP contribution in [0.2, 0.25) is 0 Å². The monoisotopic (exact) mass is 277 g/mol. The molecular weight excluding hydrogens is 270 g/mol. The van der Waals surface area contributed by atoms with E-state index in [9.17, 15) is 4.79 Å². The summed E-state index contributed by atoms with van der Waals surface area (Å²) in [7, 11) is 0. The first-order valence-electron chi connectivity index (χ1n) is 4.64. The maximum Gasteiger partial charge on any atom is 0.362 e. The molecular formula is C12H8BrNO2. The molecule has 16 heavy (non-hydrogen) atoms. The van der Waals surface area contributed by atoms with Gasteiger partial charge in [-0.1, -0.05) is 22.0 Å². The first-order chi connectivity index (χ1) is 7.75. The minimum Gasteiger partial charge on any atom is -0.422 e. The molecule has 1 aromatic heterocycles. The second-order valence-electron chi connectivity index (χ2n) is 3.06. The normalized spacial score (nSPS) is 9.81. The van der Waals surface area contributed by atoms with Gasteiger partial charge >= 0.3 is 5.97 Å². The molecule has 3 nitrogen and oxygen atoms in total. The van der Waals surface area contributed by atoms with Crippen molar-refractivity contribution in [2.75, 3.05) is 0 Å². The van der Waals surface area contributed by atoms with Gasteiger partial charge in [0.2, 0.25) is 0 Å². The predicted octanol–water partition coefficient (Wildman–Crippen LogP) is 3.06. The first-order valence-corrected chi connectivity index (χ1v) is 5.44. The number of esters is 1. The number of ether oxygens (including phenoxy) is 1. The van der Waals surface area contributed by atoms with E-state index in [1.165, 1.54) is 0 Å². The number of halogens is 1. The van der Waals surface area contributed by atoms with Crippen LogP contribution in [0.1, 0.15) is 10.5 Å². The molecule has 0 unspecified atom stereocenters. The molecule has 4 heteroatoms. The van der Waals surface area contributed by atoms with Gasteiger partial charge < -0.3 is 4.74 Å². The Kier molecular flexibility index (Phi) is 3.31. The second kappa shape index (κ2) is 4.90. The Morgan fingerprint density at radius 2 is 1.88 bits per heavy atom. The molecule has 0 aliphatic carbocycles. The molecule has 2 rings (SSSR count). The number of nitrogens with zero attached hydrogens (tertiary/aromatic N) is 1. The van der Waals surface area contributed by atoms with Gasteiger partial charge in [0.25, 0.3) is 0 Å². The minimum atomic E-state index is -0.456. The maximum atomic E-state index is 11.6. The highest BCUT2D eigenvalue weighted by atomic mass is 79.9. The lowest BCUT2D eigenvalue weighted by atomic mass is 10.3. The van der Waals surface area contributed by atoms with Crippen LogP contribution in [-0.4, -0.2) is 11.0 Å². The molecule has 0 fully saturated rings. The first kappa shape index (κ1) is 10.8. The molecule has 0 aliphatic rings. The van der Waals surface area contributed by atoms with Crippen molar-refractivity contribution in [3.8, 4) is 5.75 Å². The van der Waals surface area contributed by atoms with E-state index in [0.717, 1.165) is 4.47 Å². The van der Waals surface area contributed by atoms with E-state index in [4.69, 9.17) is 4.74 Å². The second-order valence-corrected chi connectivity index (χ2v) is 3.97. The van der Waals surface area contributed by atoms with Crippen LogP contribution in [0.15, 0.2) is 53.1 Å². The zero-order valence-electron chi connectivity index (χ0n) is 8.26. The summed E-state index contributed by atoms with van der Waals surface area (Å²) in [5, 5.41) is 0. The summed E-state index contributed by atoms with van der Waals surface area (Å²) < 4.78 is 6.07. The smallest absolute Gasteiger partial charge is 0.362 e. The number of benzene rings is 1. The standard InChI is InChI=1S/C12H8BrNO2/c13-9-4-6-10(7-5-9)16-12(15)11-3-1-2-8-14-11/h1-8H. The number of hydrogen-bond acceptors (Lipinski definition) is 3. The number of rotatable bonds is 2. The molecule has 2 aromatic rings. The SMILES string of the molecule is O=C(Oc1ccc(Br)cc1)c1ccccn1. The third-order valence-corrected chi connectivity index (χ3v) is 2.43. The van der Waals surface area contributed by atoms with Crippen molar-refractivity contribution in [1.29, 1.82) is 0 Å². The van der Waals surface area contributed by atoms with Gasteiger partial charge in [-0.25, -0.2) is 9.78 Å². The summed E-state index contributed by atoms with van der Waals surface area (Å²) in [4.78, 5) is 15.5. The van der Waals surface area contributed by atoms with Crippen molar-refractivity contribution < 1.29 is 9.53 Å². The molecule has 0 amide bonds. The summed E-state index contributed by atoms with van der Waals surface area (Å²) in [6.07, 6.45) is 1.55. The lowest BCUT2D eigenvalue weighted by Gasteiger charge is -2.03. The largest absolute Gasteiger partial charge is 0.422 e. The van der Waals surface area contributed by atoms with Gasteiger partial charge in [0.1, 0.15) is 11.4 Å². The molecule has 0 atom stereocenters. The average molecular weight is 278 g/mol. The van der Waals surface area contributed by atoms with Crippen LogP contribution in [0.4, 0.5) is 0 Å². The fourth-order valence-corrected chi connectivity index (χ4v) is 1.41. The van der Waals surface area contributed by atoms with E-state index in [2.05, 4.69) is 20.9 Å². The van der Waals surface area contributed by atoms with E-state index >= 15 is 0 Å². The molecule has 1 aromatic carbocycles. The quantitative estimate of drug-likeness (QED) is 0.626. The predicted molar refractivity (Wildman–Crippen MR) is 63.3 cm³/mol.